The van der Waals surface area contributed by atoms with Crippen LogP contribution in [0.25, 0.3) is 21.3 Å². The molecule has 1 aliphatic carbocycles. The number of anilines is 1. The molecule has 0 fully saturated rings. The number of methoxy groups -OCH3 is 1. The van der Waals surface area contributed by atoms with E-state index in [4.69, 9.17) is 4.74 Å². The molecule has 0 saturated carbocycles. The van der Waals surface area contributed by atoms with Crippen LogP contribution in [0.5, 0.6) is 5.75 Å². The molecule has 4 aromatic rings. The van der Waals surface area contributed by atoms with Gasteiger partial charge in [-0.1, -0.05) is 36.0 Å². The van der Waals surface area contributed by atoms with Gasteiger partial charge in [0.15, 0.2) is 5.16 Å². The first-order chi connectivity index (χ1) is 16.5. The number of rotatable bonds is 6. The van der Waals surface area contributed by atoms with E-state index in [9.17, 15) is 9.59 Å². The molecule has 2 heterocycles. The van der Waals surface area contributed by atoms with E-state index in [-0.39, 0.29) is 17.2 Å². The molecule has 5 rings (SSSR count). The van der Waals surface area contributed by atoms with Crippen molar-refractivity contribution in [3.8, 4) is 16.9 Å². The Morgan fingerprint density at radius 3 is 2.82 bits per heavy atom. The number of hydrogen-bond acceptors (Lipinski definition) is 6. The van der Waals surface area contributed by atoms with Crippen molar-refractivity contribution in [2.75, 3.05) is 18.2 Å². The summed E-state index contributed by atoms with van der Waals surface area (Å²) in [6.07, 6.45) is 4.69. The van der Waals surface area contributed by atoms with Gasteiger partial charge in [0.25, 0.3) is 5.56 Å². The highest BCUT2D eigenvalue weighted by Gasteiger charge is 2.17. The van der Waals surface area contributed by atoms with Crippen LogP contribution in [0.2, 0.25) is 0 Å². The van der Waals surface area contributed by atoms with Crippen molar-refractivity contribution < 1.29 is 9.53 Å². The molecule has 0 unspecified atom stereocenters. The molecule has 2 aromatic carbocycles. The van der Waals surface area contributed by atoms with E-state index >= 15 is 0 Å². The van der Waals surface area contributed by atoms with Crippen LogP contribution < -0.4 is 15.6 Å². The number of amides is 1. The Hall–Kier alpha value is -3.10. The number of ether oxygens (including phenoxy) is 1. The molecule has 34 heavy (non-hydrogen) atoms. The Bertz CT molecular complexity index is 1440. The van der Waals surface area contributed by atoms with Gasteiger partial charge in [0.05, 0.1) is 23.9 Å². The molecule has 174 valence electrons. The lowest BCUT2D eigenvalue weighted by molar-refractivity contribution is -0.113. The number of thiophene rings is 1. The number of H-pyrrole nitrogens is 1. The maximum absolute atomic E-state index is 13.0. The van der Waals surface area contributed by atoms with Crippen molar-refractivity contribution in [3.05, 3.63) is 68.8 Å². The molecule has 0 atom stereocenters. The SMILES string of the molecule is COc1ccc(C)cc1NC(=O)CSc1nc2scc(-c3ccc4c(c3)CCCC4)c2c(=O)[nH]1. The Morgan fingerprint density at radius 1 is 1.18 bits per heavy atom. The van der Waals surface area contributed by atoms with Crippen LogP contribution >= 0.6 is 23.1 Å². The lowest BCUT2D eigenvalue weighted by Crippen LogP contribution is -2.16. The van der Waals surface area contributed by atoms with Crippen LogP contribution in [-0.4, -0.2) is 28.7 Å². The minimum absolute atomic E-state index is 0.120. The fourth-order valence-corrected chi connectivity index (χ4v) is 6.02. The smallest absolute Gasteiger partial charge is 0.260 e. The Balaban J connectivity index is 1.34. The third-order valence-corrected chi connectivity index (χ3v) is 7.80. The lowest BCUT2D eigenvalue weighted by Gasteiger charge is -2.16. The fourth-order valence-electron chi connectivity index (χ4n) is 4.35. The van der Waals surface area contributed by atoms with Crippen LogP contribution in [0.4, 0.5) is 5.69 Å². The average molecular weight is 492 g/mol. The van der Waals surface area contributed by atoms with E-state index in [1.807, 2.05) is 30.5 Å². The van der Waals surface area contributed by atoms with Gasteiger partial charge in [-0.15, -0.1) is 11.3 Å². The maximum atomic E-state index is 13.0. The number of hydrogen-bond donors (Lipinski definition) is 2. The summed E-state index contributed by atoms with van der Waals surface area (Å²) in [5.41, 5.74) is 6.25. The molecule has 2 N–H and O–H groups in total. The fraction of sp³-hybridized carbons (Fsp3) is 0.269. The van der Waals surface area contributed by atoms with Gasteiger partial charge in [-0.2, -0.15) is 0 Å². The van der Waals surface area contributed by atoms with Gasteiger partial charge in [0, 0.05) is 10.9 Å². The number of aromatic amines is 1. The first-order valence-electron chi connectivity index (χ1n) is 11.2. The summed E-state index contributed by atoms with van der Waals surface area (Å²) in [4.78, 5) is 33.7. The van der Waals surface area contributed by atoms with E-state index < -0.39 is 0 Å². The minimum atomic E-state index is -0.197. The molecule has 1 aliphatic rings. The molecule has 0 saturated heterocycles. The number of fused-ring (bicyclic) bond motifs is 2. The minimum Gasteiger partial charge on any atom is -0.495 e. The molecular weight excluding hydrogens is 466 g/mol. The van der Waals surface area contributed by atoms with Crippen molar-refractivity contribution in [1.29, 1.82) is 0 Å². The van der Waals surface area contributed by atoms with Gasteiger partial charge in [-0.3, -0.25) is 9.59 Å². The van der Waals surface area contributed by atoms with E-state index in [0.717, 1.165) is 29.5 Å². The van der Waals surface area contributed by atoms with Gasteiger partial charge >= 0.3 is 0 Å². The van der Waals surface area contributed by atoms with Crippen molar-refractivity contribution in [2.45, 2.75) is 37.8 Å². The molecule has 8 heteroatoms. The Morgan fingerprint density at radius 2 is 2.00 bits per heavy atom. The predicted octanol–water partition coefficient (Wildman–Crippen LogP) is 5.58. The number of thioether (sulfide) groups is 1. The zero-order valence-electron chi connectivity index (χ0n) is 19.1. The highest BCUT2D eigenvalue weighted by atomic mass is 32.2. The third kappa shape index (κ3) is 4.60. The number of carbonyl (C=O) groups excluding carboxylic acids is 1. The van der Waals surface area contributed by atoms with Crippen molar-refractivity contribution in [1.82, 2.24) is 9.97 Å². The number of aryl methyl sites for hydroxylation is 3. The monoisotopic (exact) mass is 491 g/mol. The second kappa shape index (κ2) is 9.64. The highest BCUT2D eigenvalue weighted by Crippen LogP contribution is 2.34. The topological polar surface area (TPSA) is 84.1 Å². The standard InChI is InChI=1S/C26H25N3O3S2/c1-15-7-10-21(32-2)20(11-15)27-22(30)14-34-26-28-24(31)23-19(13-33-25(23)29-26)18-9-8-16-5-3-4-6-17(16)12-18/h7-13H,3-6,14H2,1-2H3,(H,27,30)(H,28,29,31). The van der Waals surface area contributed by atoms with Crippen LogP contribution in [0.1, 0.15) is 29.5 Å². The largest absolute Gasteiger partial charge is 0.495 e. The summed E-state index contributed by atoms with van der Waals surface area (Å²) >= 11 is 2.66. The van der Waals surface area contributed by atoms with Crippen LogP contribution in [0.3, 0.4) is 0 Å². The van der Waals surface area contributed by atoms with Gasteiger partial charge in [-0.05, 0) is 67.0 Å². The predicted molar refractivity (Wildman–Crippen MR) is 139 cm³/mol. The number of benzene rings is 2. The number of aromatic nitrogens is 2. The molecule has 0 radical (unpaired) electrons. The summed E-state index contributed by atoms with van der Waals surface area (Å²) in [7, 11) is 1.57. The molecule has 6 nitrogen and oxygen atoms in total. The van der Waals surface area contributed by atoms with Gasteiger partial charge in [0.2, 0.25) is 5.91 Å². The summed E-state index contributed by atoms with van der Waals surface area (Å²) in [5, 5.41) is 5.92. The third-order valence-electron chi connectivity index (χ3n) is 6.05. The number of nitrogens with zero attached hydrogens (tertiary/aromatic N) is 1. The zero-order valence-corrected chi connectivity index (χ0v) is 20.7. The molecule has 0 aliphatic heterocycles. The maximum Gasteiger partial charge on any atom is 0.260 e. The first-order valence-corrected chi connectivity index (χ1v) is 13.1. The first kappa shape index (κ1) is 22.7. The average Bonchev–Trinajstić information content (AvgIpc) is 3.27. The lowest BCUT2D eigenvalue weighted by atomic mass is 9.89. The second-order valence-electron chi connectivity index (χ2n) is 8.43. The Kier molecular flexibility index (Phi) is 6.43. The second-order valence-corrected chi connectivity index (χ2v) is 10.3. The summed E-state index contributed by atoms with van der Waals surface area (Å²) in [6.45, 7) is 1.95. The number of carbonyl (C=O) groups is 1. The van der Waals surface area contributed by atoms with Crippen molar-refractivity contribution in [3.63, 3.8) is 0 Å². The summed E-state index contributed by atoms with van der Waals surface area (Å²) in [6, 6.07) is 12.1. The zero-order chi connectivity index (χ0) is 23.7. The van der Waals surface area contributed by atoms with Crippen molar-refractivity contribution >= 4 is 44.9 Å². The van der Waals surface area contributed by atoms with Gasteiger partial charge < -0.3 is 15.0 Å². The highest BCUT2D eigenvalue weighted by molar-refractivity contribution is 7.99. The quantitative estimate of drug-likeness (QED) is 0.272. The van der Waals surface area contributed by atoms with E-state index in [1.165, 1.54) is 47.1 Å². The van der Waals surface area contributed by atoms with E-state index in [0.29, 0.717) is 26.8 Å². The number of nitrogens with one attached hydrogen (secondary N) is 2. The molecule has 0 spiro atoms. The molecule has 0 bridgehead atoms. The molecular formula is C26H25N3O3S2. The van der Waals surface area contributed by atoms with Crippen LogP contribution in [0.15, 0.2) is 51.7 Å². The van der Waals surface area contributed by atoms with Crippen LogP contribution in [-0.2, 0) is 17.6 Å². The molecule has 2 aromatic heterocycles. The summed E-state index contributed by atoms with van der Waals surface area (Å²) < 4.78 is 5.32. The van der Waals surface area contributed by atoms with Crippen molar-refractivity contribution in [2.24, 2.45) is 0 Å². The Labute approximate surface area is 205 Å². The van der Waals surface area contributed by atoms with Crippen LogP contribution in [0, 0.1) is 6.92 Å². The van der Waals surface area contributed by atoms with Gasteiger partial charge in [0.1, 0.15) is 10.6 Å². The summed E-state index contributed by atoms with van der Waals surface area (Å²) in [5.74, 6) is 0.525. The molecule has 1 amide bonds. The van der Waals surface area contributed by atoms with E-state index in [2.05, 4.69) is 33.5 Å². The van der Waals surface area contributed by atoms with E-state index in [1.54, 1.807) is 7.11 Å². The van der Waals surface area contributed by atoms with Gasteiger partial charge in [-0.25, -0.2) is 4.98 Å². The normalized spacial score (nSPS) is 13.0.